The number of para-hydroxylation sites is 3. The third-order valence-electron chi connectivity index (χ3n) is 2.65. The molecular formula is C15H17IN2OS. The Balaban J connectivity index is 0.00000200. The lowest BCUT2D eigenvalue weighted by Crippen LogP contribution is -2.06. The molecule has 0 aliphatic carbocycles. The minimum Gasteiger partial charge on any atom is -0.455 e. The number of nitrogens with one attached hydrogen (secondary N) is 2. The van der Waals surface area contributed by atoms with Crippen LogP contribution in [0.2, 0.25) is 0 Å². The zero-order valence-corrected chi connectivity index (χ0v) is 14.5. The number of hydrogen-bond donors (Lipinski definition) is 2. The second-order valence-corrected chi connectivity index (χ2v) is 4.84. The highest BCUT2D eigenvalue weighted by atomic mass is 127. The van der Waals surface area contributed by atoms with Gasteiger partial charge in [-0.3, -0.25) is 5.41 Å². The summed E-state index contributed by atoms with van der Waals surface area (Å²) in [5, 5.41) is 11.1. The van der Waals surface area contributed by atoms with Gasteiger partial charge in [-0.25, -0.2) is 0 Å². The normalized spacial score (nSPS) is 9.50. The third kappa shape index (κ3) is 4.42. The van der Waals surface area contributed by atoms with Gasteiger partial charge in [0.25, 0.3) is 0 Å². The lowest BCUT2D eigenvalue weighted by molar-refractivity contribution is 0.481. The third-order valence-corrected chi connectivity index (χ3v) is 3.16. The van der Waals surface area contributed by atoms with Crippen LogP contribution in [0.15, 0.2) is 48.5 Å². The Morgan fingerprint density at radius 3 is 2.30 bits per heavy atom. The smallest absolute Gasteiger partial charge is 0.158 e. The second kappa shape index (κ2) is 8.16. The van der Waals surface area contributed by atoms with Crippen LogP contribution in [0.5, 0.6) is 11.5 Å². The number of benzene rings is 2. The van der Waals surface area contributed by atoms with E-state index in [1.165, 1.54) is 11.8 Å². The van der Waals surface area contributed by atoms with Crippen LogP contribution >= 0.6 is 35.7 Å². The second-order valence-electron chi connectivity index (χ2n) is 4.02. The summed E-state index contributed by atoms with van der Waals surface area (Å²) in [4.78, 5) is 0. The largest absolute Gasteiger partial charge is 0.455 e. The summed E-state index contributed by atoms with van der Waals surface area (Å²) in [5.41, 5.74) is 1.88. The van der Waals surface area contributed by atoms with Gasteiger partial charge in [-0.05, 0) is 36.9 Å². The summed E-state index contributed by atoms with van der Waals surface area (Å²) >= 11 is 1.35. The van der Waals surface area contributed by atoms with Crippen molar-refractivity contribution in [2.75, 3.05) is 11.6 Å². The van der Waals surface area contributed by atoms with Crippen LogP contribution in [0.3, 0.4) is 0 Å². The number of rotatable bonds is 3. The fourth-order valence-corrected chi connectivity index (χ4v) is 1.83. The van der Waals surface area contributed by atoms with Crippen LogP contribution in [-0.2, 0) is 0 Å². The molecule has 0 saturated carbocycles. The van der Waals surface area contributed by atoms with Crippen molar-refractivity contribution in [2.45, 2.75) is 6.92 Å². The molecule has 0 radical (unpaired) electrons. The lowest BCUT2D eigenvalue weighted by Gasteiger charge is -2.13. The van der Waals surface area contributed by atoms with Crippen molar-refractivity contribution in [3.63, 3.8) is 0 Å². The van der Waals surface area contributed by atoms with Crippen LogP contribution < -0.4 is 10.1 Å². The van der Waals surface area contributed by atoms with E-state index in [0.29, 0.717) is 5.17 Å². The SMILES string of the molecule is CSC(=N)Nc1ccccc1Oc1ccccc1C.I. The van der Waals surface area contributed by atoms with Crippen LogP contribution in [0, 0.1) is 12.3 Å². The molecule has 3 nitrogen and oxygen atoms in total. The lowest BCUT2D eigenvalue weighted by atomic mass is 10.2. The van der Waals surface area contributed by atoms with Gasteiger partial charge in [0.2, 0.25) is 0 Å². The number of aryl methyl sites for hydroxylation is 1. The van der Waals surface area contributed by atoms with Crippen molar-refractivity contribution >= 4 is 46.6 Å². The Bertz CT molecular complexity index is 590. The van der Waals surface area contributed by atoms with Gasteiger partial charge < -0.3 is 10.1 Å². The summed E-state index contributed by atoms with van der Waals surface area (Å²) in [6.07, 6.45) is 1.86. The van der Waals surface area contributed by atoms with Crippen molar-refractivity contribution in [2.24, 2.45) is 0 Å². The molecule has 0 fully saturated rings. The van der Waals surface area contributed by atoms with Crippen molar-refractivity contribution in [3.8, 4) is 11.5 Å². The van der Waals surface area contributed by atoms with Gasteiger partial charge in [0.15, 0.2) is 10.9 Å². The number of anilines is 1. The van der Waals surface area contributed by atoms with Crippen LogP contribution in [0.1, 0.15) is 5.56 Å². The van der Waals surface area contributed by atoms with E-state index in [2.05, 4.69) is 5.32 Å². The number of ether oxygens (including phenoxy) is 1. The van der Waals surface area contributed by atoms with E-state index in [4.69, 9.17) is 10.1 Å². The first-order chi connectivity index (χ1) is 9.20. The highest BCUT2D eigenvalue weighted by molar-refractivity contribution is 14.0. The molecule has 0 unspecified atom stereocenters. The predicted octanol–water partition coefficient (Wildman–Crippen LogP) is 5.11. The van der Waals surface area contributed by atoms with E-state index >= 15 is 0 Å². The maximum Gasteiger partial charge on any atom is 0.158 e. The molecule has 0 aliphatic heterocycles. The summed E-state index contributed by atoms with van der Waals surface area (Å²) in [6, 6.07) is 15.5. The highest BCUT2D eigenvalue weighted by Gasteiger charge is 2.06. The molecule has 0 heterocycles. The summed E-state index contributed by atoms with van der Waals surface area (Å²) in [7, 11) is 0. The first-order valence-corrected chi connectivity index (χ1v) is 7.15. The van der Waals surface area contributed by atoms with Crippen LogP contribution in [0.4, 0.5) is 5.69 Å². The zero-order valence-electron chi connectivity index (χ0n) is 11.3. The van der Waals surface area contributed by atoms with Crippen molar-refractivity contribution in [1.29, 1.82) is 5.41 Å². The molecule has 0 atom stereocenters. The number of halogens is 1. The first kappa shape index (κ1) is 16.8. The Morgan fingerprint density at radius 2 is 1.65 bits per heavy atom. The van der Waals surface area contributed by atoms with E-state index < -0.39 is 0 Å². The van der Waals surface area contributed by atoms with Crippen LogP contribution in [-0.4, -0.2) is 11.4 Å². The van der Waals surface area contributed by atoms with E-state index in [1.807, 2.05) is 61.7 Å². The van der Waals surface area contributed by atoms with E-state index in [0.717, 1.165) is 22.7 Å². The molecule has 0 aromatic heterocycles. The molecule has 2 N–H and O–H groups in total. The Morgan fingerprint density at radius 1 is 1.05 bits per heavy atom. The van der Waals surface area contributed by atoms with Gasteiger partial charge in [-0.1, -0.05) is 42.1 Å². The molecule has 0 bridgehead atoms. The quantitative estimate of drug-likeness (QED) is 0.427. The maximum atomic E-state index is 7.69. The van der Waals surface area contributed by atoms with E-state index in [-0.39, 0.29) is 24.0 Å². The van der Waals surface area contributed by atoms with Gasteiger partial charge in [0.1, 0.15) is 5.75 Å². The molecule has 0 saturated heterocycles. The zero-order chi connectivity index (χ0) is 13.7. The number of amidine groups is 1. The summed E-state index contributed by atoms with van der Waals surface area (Å²) in [6.45, 7) is 2.01. The van der Waals surface area contributed by atoms with Gasteiger partial charge in [-0.2, -0.15) is 0 Å². The van der Waals surface area contributed by atoms with E-state index in [1.54, 1.807) is 0 Å². The first-order valence-electron chi connectivity index (χ1n) is 5.93. The summed E-state index contributed by atoms with van der Waals surface area (Å²) in [5.74, 6) is 1.54. The monoisotopic (exact) mass is 400 g/mol. The van der Waals surface area contributed by atoms with Crippen molar-refractivity contribution < 1.29 is 4.74 Å². The molecule has 5 heteroatoms. The fourth-order valence-electron chi connectivity index (χ4n) is 1.62. The molecular weight excluding hydrogens is 383 g/mol. The number of hydrogen-bond acceptors (Lipinski definition) is 3. The molecule has 0 spiro atoms. The molecule has 2 aromatic carbocycles. The minimum absolute atomic E-state index is 0. The molecule has 0 amide bonds. The molecule has 106 valence electrons. The van der Waals surface area contributed by atoms with Gasteiger partial charge in [0.05, 0.1) is 5.69 Å². The van der Waals surface area contributed by atoms with Crippen LogP contribution in [0.25, 0.3) is 0 Å². The van der Waals surface area contributed by atoms with E-state index in [9.17, 15) is 0 Å². The van der Waals surface area contributed by atoms with Crippen molar-refractivity contribution in [1.82, 2.24) is 0 Å². The molecule has 2 aromatic rings. The average Bonchev–Trinajstić information content (AvgIpc) is 2.43. The molecule has 0 aliphatic rings. The maximum absolute atomic E-state index is 7.69. The predicted molar refractivity (Wildman–Crippen MR) is 98.0 cm³/mol. The fraction of sp³-hybridized carbons (Fsp3) is 0.133. The molecule has 20 heavy (non-hydrogen) atoms. The Kier molecular flexibility index (Phi) is 6.87. The Hall–Kier alpha value is -1.21. The van der Waals surface area contributed by atoms with Gasteiger partial charge in [0, 0.05) is 0 Å². The average molecular weight is 400 g/mol. The standard InChI is InChI=1S/C15H16N2OS.HI/c1-11-7-3-5-9-13(11)18-14-10-6-4-8-12(14)17-15(16)19-2;/h3-10H,1-2H3,(H2,16,17);1H. The van der Waals surface area contributed by atoms with Gasteiger partial charge >= 0.3 is 0 Å². The topological polar surface area (TPSA) is 45.1 Å². The minimum atomic E-state index is 0. The summed E-state index contributed by atoms with van der Waals surface area (Å²) < 4.78 is 5.92. The molecule has 2 rings (SSSR count). The Labute approximate surface area is 140 Å². The van der Waals surface area contributed by atoms with Gasteiger partial charge in [-0.15, -0.1) is 24.0 Å². The highest BCUT2D eigenvalue weighted by Crippen LogP contribution is 2.31. The van der Waals surface area contributed by atoms with Crippen molar-refractivity contribution in [3.05, 3.63) is 54.1 Å². The number of thioether (sulfide) groups is 1.